The highest BCUT2D eigenvalue weighted by Gasteiger charge is 2.31. The van der Waals surface area contributed by atoms with Gasteiger partial charge in [0.2, 0.25) is 10.0 Å². The molecule has 1 aromatic heterocycles. The first-order valence-corrected chi connectivity index (χ1v) is 10.6. The largest absolute Gasteiger partial charge is 0.366 e. The Labute approximate surface area is 168 Å². The van der Waals surface area contributed by atoms with Crippen LogP contribution >= 0.6 is 11.6 Å². The van der Waals surface area contributed by atoms with E-state index in [-0.39, 0.29) is 23.0 Å². The summed E-state index contributed by atoms with van der Waals surface area (Å²) in [5.74, 6) is -0.775. The summed E-state index contributed by atoms with van der Waals surface area (Å²) < 4.78 is 41.9. The molecular weight excluding hydrogens is 407 g/mol. The first kappa shape index (κ1) is 20.8. The molecule has 1 aliphatic heterocycles. The highest BCUT2D eigenvalue weighted by molar-refractivity contribution is 7.89. The van der Waals surface area contributed by atoms with E-state index in [1.54, 1.807) is 0 Å². The number of hydrogen-bond donors (Lipinski definition) is 0. The molecule has 0 N–H and O–H groups in total. The zero-order valence-corrected chi connectivity index (χ0v) is 17.5. The van der Waals surface area contributed by atoms with Crippen LogP contribution in [0.5, 0.6) is 0 Å². The van der Waals surface area contributed by atoms with Gasteiger partial charge in [0.25, 0.3) is 5.56 Å². The minimum atomic E-state index is -3.93. The summed E-state index contributed by atoms with van der Waals surface area (Å²) in [6.07, 6.45) is 1.52. The van der Waals surface area contributed by atoms with Gasteiger partial charge in [-0.25, -0.2) is 17.5 Å². The molecule has 1 aliphatic rings. The maximum atomic E-state index is 13.9. The molecule has 0 unspecified atom stereocenters. The van der Waals surface area contributed by atoms with Gasteiger partial charge in [0, 0.05) is 26.2 Å². The van der Waals surface area contributed by atoms with Crippen molar-refractivity contribution in [3.63, 3.8) is 0 Å². The number of anilines is 1. The van der Waals surface area contributed by atoms with Gasteiger partial charge in [0.05, 0.1) is 17.4 Å². The Morgan fingerprint density at radius 1 is 1.11 bits per heavy atom. The van der Waals surface area contributed by atoms with Gasteiger partial charge in [-0.2, -0.15) is 9.40 Å². The first-order valence-electron chi connectivity index (χ1n) is 8.81. The Balaban J connectivity index is 1.81. The maximum absolute atomic E-state index is 13.9. The molecule has 0 aliphatic carbocycles. The van der Waals surface area contributed by atoms with Crippen LogP contribution in [0.1, 0.15) is 20.8 Å². The van der Waals surface area contributed by atoms with Gasteiger partial charge < -0.3 is 4.90 Å². The predicted octanol–water partition coefficient (Wildman–Crippen LogP) is 2.30. The van der Waals surface area contributed by atoms with Crippen LogP contribution in [0.15, 0.2) is 40.2 Å². The lowest BCUT2D eigenvalue weighted by Crippen LogP contribution is -2.49. The Kier molecular flexibility index (Phi) is 5.53. The summed E-state index contributed by atoms with van der Waals surface area (Å²) in [5, 5.41) is 4.26. The minimum absolute atomic E-state index is 0.0512. The summed E-state index contributed by atoms with van der Waals surface area (Å²) in [7, 11) is -3.93. The molecule has 28 heavy (non-hydrogen) atoms. The van der Waals surface area contributed by atoms with Crippen molar-refractivity contribution in [1.82, 2.24) is 14.1 Å². The smallest absolute Gasteiger partial charge is 0.288 e. The topological polar surface area (TPSA) is 75.5 Å². The molecule has 0 bridgehead atoms. The normalized spacial score (nSPS) is 16.4. The molecule has 1 saturated heterocycles. The average Bonchev–Trinajstić information content (AvgIpc) is 2.63. The van der Waals surface area contributed by atoms with Crippen LogP contribution in [-0.4, -0.2) is 48.7 Å². The monoisotopic (exact) mass is 428 g/mol. The van der Waals surface area contributed by atoms with Crippen LogP contribution in [0.2, 0.25) is 5.02 Å². The zero-order valence-electron chi connectivity index (χ0n) is 15.9. The SMILES string of the molecule is CC(C)(C)n1ncc(N2CCN(S(=O)(=O)c3ccccc3F)CC2)c(Cl)c1=O. The Hall–Kier alpha value is -1.97. The Bertz CT molecular complexity index is 1040. The predicted molar refractivity (Wildman–Crippen MR) is 106 cm³/mol. The lowest BCUT2D eigenvalue weighted by Gasteiger charge is -2.35. The van der Waals surface area contributed by atoms with E-state index in [9.17, 15) is 17.6 Å². The van der Waals surface area contributed by atoms with Crippen molar-refractivity contribution in [2.45, 2.75) is 31.2 Å². The molecule has 0 radical (unpaired) electrons. The minimum Gasteiger partial charge on any atom is -0.366 e. The van der Waals surface area contributed by atoms with E-state index in [1.165, 1.54) is 33.4 Å². The summed E-state index contributed by atoms with van der Waals surface area (Å²) in [6.45, 7) is 6.48. The average molecular weight is 429 g/mol. The lowest BCUT2D eigenvalue weighted by molar-refractivity contribution is 0.337. The van der Waals surface area contributed by atoms with E-state index in [0.29, 0.717) is 18.8 Å². The molecule has 152 valence electrons. The van der Waals surface area contributed by atoms with Crippen molar-refractivity contribution in [2.24, 2.45) is 0 Å². The van der Waals surface area contributed by atoms with Gasteiger partial charge in [-0.15, -0.1) is 0 Å². The summed E-state index contributed by atoms with van der Waals surface area (Å²) in [6, 6.07) is 5.31. The molecule has 10 heteroatoms. The van der Waals surface area contributed by atoms with Crippen molar-refractivity contribution in [3.05, 3.63) is 51.7 Å². The summed E-state index contributed by atoms with van der Waals surface area (Å²) in [4.78, 5) is 14.0. The van der Waals surface area contributed by atoms with Crippen LogP contribution in [-0.2, 0) is 15.6 Å². The van der Waals surface area contributed by atoms with Crippen molar-refractivity contribution in [1.29, 1.82) is 0 Å². The molecule has 2 aromatic rings. The van der Waals surface area contributed by atoms with Gasteiger partial charge in [-0.05, 0) is 32.9 Å². The van der Waals surface area contributed by atoms with E-state index in [2.05, 4.69) is 5.10 Å². The second-order valence-corrected chi connectivity index (χ2v) is 9.84. The highest BCUT2D eigenvalue weighted by Crippen LogP contribution is 2.26. The van der Waals surface area contributed by atoms with Gasteiger partial charge in [0.1, 0.15) is 15.7 Å². The number of piperazine rings is 1. The number of sulfonamides is 1. The van der Waals surface area contributed by atoms with Gasteiger partial charge >= 0.3 is 0 Å². The molecule has 3 rings (SSSR count). The van der Waals surface area contributed by atoms with Crippen molar-refractivity contribution < 1.29 is 12.8 Å². The Morgan fingerprint density at radius 3 is 2.29 bits per heavy atom. The highest BCUT2D eigenvalue weighted by atomic mass is 35.5. The first-order chi connectivity index (χ1) is 13.0. The second kappa shape index (κ2) is 7.46. The standard InChI is InChI=1S/C18H22ClFN4O3S/c1-18(2,3)24-17(25)16(19)14(12-21-24)22-8-10-23(11-9-22)28(26,27)15-7-5-4-6-13(15)20/h4-7,12H,8-11H2,1-3H3. The second-order valence-electron chi connectivity index (χ2n) is 7.55. The van der Waals surface area contributed by atoms with Crippen molar-refractivity contribution in [2.75, 3.05) is 31.1 Å². The van der Waals surface area contributed by atoms with Gasteiger partial charge in [-0.1, -0.05) is 23.7 Å². The van der Waals surface area contributed by atoms with Gasteiger partial charge in [-0.3, -0.25) is 4.79 Å². The number of halogens is 2. The van der Waals surface area contributed by atoms with Crippen molar-refractivity contribution in [3.8, 4) is 0 Å². The molecule has 0 amide bonds. The number of hydrogen-bond acceptors (Lipinski definition) is 5. The molecule has 0 atom stereocenters. The third kappa shape index (κ3) is 3.78. The fourth-order valence-corrected chi connectivity index (χ4v) is 4.82. The summed E-state index contributed by atoms with van der Waals surface area (Å²) >= 11 is 6.28. The zero-order chi connectivity index (χ0) is 20.7. The van der Waals surface area contributed by atoms with Crippen LogP contribution < -0.4 is 10.5 Å². The maximum Gasteiger partial charge on any atom is 0.288 e. The van der Waals surface area contributed by atoms with Crippen molar-refractivity contribution >= 4 is 27.3 Å². The molecule has 0 spiro atoms. The fourth-order valence-electron chi connectivity index (χ4n) is 3.08. The molecule has 0 saturated carbocycles. The van der Waals surface area contributed by atoms with Crippen LogP contribution in [0, 0.1) is 5.82 Å². The number of benzene rings is 1. The van der Waals surface area contributed by atoms with E-state index in [4.69, 9.17) is 11.6 Å². The lowest BCUT2D eigenvalue weighted by atomic mass is 10.1. The van der Waals surface area contributed by atoms with E-state index >= 15 is 0 Å². The van der Waals surface area contributed by atoms with E-state index < -0.39 is 26.9 Å². The molecule has 1 fully saturated rings. The Morgan fingerprint density at radius 2 is 1.71 bits per heavy atom. The molecule has 2 heterocycles. The van der Waals surface area contributed by atoms with Crippen LogP contribution in [0.25, 0.3) is 0 Å². The summed E-state index contributed by atoms with van der Waals surface area (Å²) in [5.41, 5.74) is -0.436. The quantitative estimate of drug-likeness (QED) is 0.749. The van der Waals surface area contributed by atoms with E-state index in [0.717, 1.165) is 6.07 Å². The molecular formula is C18H22ClFN4O3S. The number of aromatic nitrogens is 2. The molecule has 1 aromatic carbocycles. The van der Waals surface area contributed by atoms with Crippen LogP contribution in [0.4, 0.5) is 10.1 Å². The third-order valence-corrected chi connectivity index (χ3v) is 6.86. The number of nitrogens with zero attached hydrogens (tertiary/aromatic N) is 4. The van der Waals surface area contributed by atoms with E-state index in [1.807, 2.05) is 25.7 Å². The third-order valence-electron chi connectivity index (χ3n) is 4.57. The number of rotatable bonds is 3. The van der Waals surface area contributed by atoms with Gasteiger partial charge in [0.15, 0.2) is 0 Å². The van der Waals surface area contributed by atoms with Crippen LogP contribution in [0.3, 0.4) is 0 Å². The fraction of sp³-hybridized carbons (Fsp3) is 0.444. The molecule has 7 nitrogen and oxygen atoms in total.